The summed E-state index contributed by atoms with van der Waals surface area (Å²) in [5, 5.41) is 54.1. The Labute approximate surface area is 415 Å². The largest absolute Gasteiger partial charge is 0.466 e. The molecule has 0 radical (unpaired) electrons. The van der Waals surface area contributed by atoms with Crippen molar-refractivity contribution in [3.63, 3.8) is 0 Å². The number of carbonyl (C=O) groups excluding carboxylic acids is 2. The van der Waals surface area contributed by atoms with Gasteiger partial charge in [-0.15, -0.1) is 0 Å². The third-order valence-electron chi connectivity index (χ3n) is 13.2. The molecule has 1 amide bonds. The van der Waals surface area contributed by atoms with Crippen LogP contribution in [0.2, 0.25) is 0 Å². The van der Waals surface area contributed by atoms with Crippen LogP contribution < -0.4 is 5.32 Å². The number of hydrogen-bond acceptors (Lipinski definition) is 10. The zero-order chi connectivity index (χ0) is 49.6. The monoisotopic (exact) mass is 964 g/mol. The molecule has 7 atom stereocenters. The van der Waals surface area contributed by atoms with Gasteiger partial charge in [-0.1, -0.05) is 204 Å². The summed E-state index contributed by atoms with van der Waals surface area (Å²) in [6.07, 6.45) is 46.7. The van der Waals surface area contributed by atoms with Crippen molar-refractivity contribution in [1.82, 2.24) is 5.32 Å². The fourth-order valence-electron chi connectivity index (χ4n) is 8.68. The average molecular weight is 964 g/mol. The fraction of sp³-hybridized carbons (Fsp3) is 0.860. The van der Waals surface area contributed by atoms with E-state index in [-0.39, 0.29) is 18.5 Å². The predicted octanol–water partition coefficient (Wildman–Crippen LogP) is 12.3. The Morgan fingerprint density at radius 1 is 0.529 bits per heavy atom. The van der Waals surface area contributed by atoms with Gasteiger partial charge in [-0.3, -0.25) is 9.59 Å². The molecule has 7 unspecified atom stereocenters. The second-order valence-corrected chi connectivity index (χ2v) is 19.6. The molecule has 6 N–H and O–H groups in total. The van der Waals surface area contributed by atoms with Gasteiger partial charge >= 0.3 is 5.97 Å². The fourth-order valence-corrected chi connectivity index (χ4v) is 8.68. The van der Waals surface area contributed by atoms with Gasteiger partial charge in [0, 0.05) is 12.8 Å². The molecule has 1 saturated heterocycles. The number of aliphatic hydroxyl groups excluding tert-OH is 5. The summed E-state index contributed by atoms with van der Waals surface area (Å²) in [7, 11) is 0. The van der Waals surface area contributed by atoms with E-state index < -0.39 is 49.5 Å². The van der Waals surface area contributed by atoms with Crippen LogP contribution in [0, 0.1) is 0 Å². The summed E-state index contributed by atoms with van der Waals surface area (Å²) in [6, 6.07) is -0.834. The molecule has 0 aliphatic carbocycles. The molecule has 11 heteroatoms. The van der Waals surface area contributed by atoms with E-state index in [1.165, 1.54) is 154 Å². The summed E-state index contributed by atoms with van der Waals surface area (Å²) in [4.78, 5) is 25.1. The Hall–Kier alpha value is -2.12. The van der Waals surface area contributed by atoms with E-state index in [4.69, 9.17) is 14.2 Å². The first-order chi connectivity index (χ1) is 33.2. The van der Waals surface area contributed by atoms with Crippen molar-refractivity contribution in [3.05, 3.63) is 36.5 Å². The average Bonchev–Trinajstić information content (AvgIpc) is 3.33. The molecule has 1 fully saturated rings. The molecule has 11 nitrogen and oxygen atoms in total. The molecule has 398 valence electrons. The molecule has 68 heavy (non-hydrogen) atoms. The van der Waals surface area contributed by atoms with Gasteiger partial charge < -0.3 is 45.1 Å². The first-order valence-corrected chi connectivity index (χ1v) is 28.3. The van der Waals surface area contributed by atoms with Crippen LogP contribution >= 0.6 is 0 Å². The minimum Gasteiger partial charge on any atom is -0.466 e. The quantitative estimate of drug-likeness (QED) is 0.0196. The van der Waals surface area contributed by atoms with Gasteiger partial charge in [-0.05, 0) is 70.6 Å². The van der Waals surface area contributed by atoms with Crippen molar-refractivity contribution in [1.29, 1.82) is 0 Å². The van der Waals surface area contributed by atoms with Crippen molar-refractivity contribution in [2.24, 2.45) is 0 Å². The smallest absolute Gasteiger partial charge is 0.305 e. The van der Waals surface area contributed by atoms with E-state index in [2.05, 4.69) is 43.5 Å². The number of aliphatic hydroxyl groups is 5. The number of ether oxygens (including phenoxy) is 3. The first-order valence-electron chi connectivity index (χ1n) is 28.3. The van der Waals surface area contributed by atoms with Crippen LogP contribution in [0.1, 0.15) is 251 Å². The Morgan fingerprint density at radius 3 is 1.49 bits per heavy atom. The third-order valence-corrected chi connectivity index (χ3v) is 13.2. The number of rotatable bonds is 48. The zero-order valence-corrected chi connectivity index (χ0v) is 43.6. The van der Waals surface area contributed by atoms with E-state index >= 15 is 0 Å². The summed E-state index contributed by atoms with van der Waals surface area (Å²) in [6.45, 7) is 4.23. The zero-order valence-electron chi connectivity index (χ0n) is 43.6. The van der Waals surface area contributed by atoms with Crippen LogP contribution in [-0.2, 0) is 23.8 Å². The highest BCUT2D eigenvalue weighted by atomic mass is 16.7. The molecule has 0 aromatic rings. The Bertz CT molecular complexity index is 1230. The maximum atomic E-state index is 13.0. The number of nitrogens with one attached hydrogen (secondary N) is 1. The van der Waals surface area contributed by atoms with E-state index in [0.717, 1.165) is 70.6 Å². The highest BCUT2D eigenvalue weighted by Crippen LogP contribution is 2.23. The summed E-state index contributed by atoms with van der Waals surface area (Å²) < 4.78 is 16.6. The standard InChI is InChI=1S/C57H105NO10/c1-3-5-7-9-11-13-14-15-16-17-18-22-25-29-33-37-41-45-53(62)66-46-42-38-34-30-26-23-20-19-21-24-28-32-36-40-44-52(61)58-49(50(60)43-39-35-31-27-12-10-8-6-4-2)48-67-57-56(65)55(64)54(63)51(47-59)68-57/h12,15-16,27,39,43,49-51,54-57,59-60,63-65H,3-11,13-14,17-26,28-38,40-42,44-48H2,1-2H3,(H,58,61)/b16-15-,27-12+,43-39+. The van der Waals surface area contributed by atoms with Crippen LogP contribution in [0.5, 0.6) is 0 Å². The van der Waals surface area contributed by atoms with Crippen LogP contribution in [-0.4, -0.2) is 100 Å². The van der Waals surface area contributed by atoms with Gasteiger partial charge in [0.1, 0.15) is 24.4 Å². The normalized spacial score (nSPS) is 19.7. The molecule has 0 bridgehead atoms. The number of amides is 1. The lowest BCUT2D eigenvalue weighted by atomic mass is 9.99. The Balaban J connectivity index is 2.06. The molecular weight excluding hydrogens is 859 g/mol. The first kappa shape index (κ1) is 63.9. The van der Waals surface area contributed by atoms with Crippen molar-refractivity contribution in [2.75, 3.05) is 19.8 Å². The SMILES string of the molecule is CCCCC/C=C/CC/C=C/C(O)C(COC1OC(CO)C(O)C(O)C1O)NC(=O)CCCCCCCCCCCCCCCCOC(=O)CCCCCCCCC/C=C\CCCCCCCC. The lowest BCUT2D eigenvalue weighted by Crippen LogP contribution is -2.60. The van der Waals surface area contributed by atoms with Crippen molar-refractivity contribution < 1.29 is 49.3 Å². The molecule has 0 aromatic heterocycles. The van der Waals surface area contributed by atoms with Crippen LogP contribution in [0.25, 0.3) is 0 Å². The predicted molar refractivity (Wildman–Crippen MR) is 278 cm³/mol. The van der Waals surface area contributed by atoms with Gasteiger partial charge in [-0.2, -0.15) is 0 Å². The van der Waals surface area contributed by atoms with Gasteiger partial charge in [0.2, 0.25) is 5.91 Å². The molecule has 1 aliphatic rings. The van der Waals surface area contributed by atoms with Gasteiger partial charge in [0.15, 0.2) is 6.29 Å². The van der Waals surface area contributed by atoms with Crippen molar-refractivity contribution in [2.45, 2.75) is 294 Å². The molecule has 0 spiro atoms. The van der Waals surface area contributed by atoms with E-state index in [1.807, 2.05) is 6.08 Å². The number of unbranched alkanes of at least 4 members (excludes halogenated alkanes) is 30. The lowest BCUT2D eigenvalue weighted by molar-refractivity contribution is -0.302. The molecule has 0 aromatic carbocycles. The molecule has 1 heterocycles. The van der Waals surface area contributed by atoms with Gasteiger partial charge in [0.25, 0.3) is 0 Å². The minimum atomic E-state index is -1.58. The topological polar surface area (TPSA) is 175 Å². The second-order valence-electron chi connectivity index (χ2n) is 19.6. The summed E-state index contributed by atoms with van der Waals surface area (Å²) in [5.74, 6) is -0.233. The van der Waals surface area contributed by atoms with E-state index in [9.17, 15) is 35.1 Å². The highest BCUT2D eigenvalue weighted by molar-refractivity contribution is 5.76. The number of hydrogen-bond donors (Lipinski definition) is 6. The number of carbonyl (C=O) groups is 2. The number of allylic oxidation sites excluding steroid dienone is 5. The summed E-state index contributed by atoms with van der Waals surface area (Å²) >= 11 is 0. The summed E-state index contributed by atoms with van der Waals surface area (Å²) in [5.41, 5.74) is 0. The Kier molecular flexibility index (Phi) is 44.4. The van der Waals surface area contributed by atoms with Crippen LogP contribution in [0.3, 0.4) is 0 Å². The van der Waals surface area contributed by atoms with E-state index in [0.29, 0.717) is 19.4 Å². The third kappa shape index (κ3) is 36.8. The van der Waals surface area contributed by atoms with Crippen LogP contribution in [0.4, 0.5) is 0 Å². The molecule has 0 saturated carbocycles. The van der Waals surface area contributed by atoms with Gasteiger partial charge in [-0.25, -0.2) is 0 Å². The number of esters is 1. The molecule has 1 rings (SSSR count). The highest BCUT2D eigenvalue weighted by Gasteiger charge is 2.44. The second kappa shape index (κ2) is 47.2. The van der Waals surface area contributed by atoms with Crippen molar-refractivity contribution in [3.8, 4) is 0 Å². The maximum Gasteiger partial charge on any atom is 0.305 e. The van der Waals surface area contributed by atoms with Crippen LogP contribution in [0.15, 0.2) is 36.5 Å². The molecule has 1 aliphatic heterocycles. The molecular formula is C57H105NO10. The maximum absolute atomic E-state index is 13.0. The van der Waals surface area contributed by atoms with Crippen molar-refractivity contribution >= 4 is 11.9 Å². The lowest BCUT2D eigenvalue weighted by Gasteiger charge is -2.40. The van der Waals surface area contributed by atoms with E-state index in [1.54, 1.807) is 6.08 Å². The van der Waals surface area contributed by atoms with Gasteiger partial charge in [0.05, 0.1) is 32.0 Å². The minimum absolute atomic E-state index is 0.0277. The Morgan fingerprint density at radius 2 is 0.956 bits per heavy atom.